The van der Waals surface area contributed by atoms with Crippen LogP contribution in [0.15, 0.2) is 6.20 Å². The number of rotatable bonds is 4. The van der Waals surface area contributed by atoms with Crippen LogP contribution in [0.4, 0.5) is 0 Å². The molecule has 4 bridgehead atoms. The van der Waals surface area contributed by atoms with E-state index in [1.807, 2.05) is 13.1 Å². The summed E-state index contributed by atoms with van der Waals surface area (Å²) in [5.41, 5.74) is 6.84. The van der Waals surface area contributed by atoms with E-state index in [0.717, 1.165) is 35.2 Å². The number of ether oxygens (including phenoxy) is 1. The summed E-state index contributed by atoms with van der Waals surface area (Å²) in [7, 11) is 0. The zero-order valence-corrected chi connectivity index (χ0v) is 12.2. The van der Waals surface area contributed by atoms with Gasteiger partial charge in [0.2, 0.25) is 0 Å². The Labute approximate surface area is 120 Å². The van der Waals surface area contributed by atoms with Gasteiger partial charge in [0.25, 0.3) is 0 Å². The second kappa shape index (κ2) is 4.85. The topological polar surface area (TPSA) is 63.9 Å². The smallest absolute Gasteiger partial charge is 0.132 e. The molecule has 4 fully saturated rings. The van der Waals surface area contributed by atoms with E-state index in [9.17, 15) is 0 Å². The minimum Gasteiger partial charge on any atom is -0.370 e. The summed E-state index contributed by atoms with van der Waals surface area (Å²) in [6.07, 6.45) is 9.42. The fourth-order valence-electron chi connectivity index (χ4n) is 5.01. The van der Waals surface area contributed by atoms with Gasteiger partial charge in [0.15, 0.2) is 0 Å². The van der Waals surface area contributed by atoms with Gasteiger partial charge >= 0.3 is 0 Å². The molecule has 0 radical (unpaired) electrons. The van der Waals surface area contributed by atoms with E-state index in [1.54, 1.807) is 0 Å². The predicted molar refractivity (Wildman–Crippen MR) is 76.8 cm³/mol. The van der Waals surface area contributed by atoms with Crippen molar-refractivity contribution in [3.63, 3.8) is 0 Å². The lowest BCUT2D eigenvalue weighted by atomic mass is 9.55. The summed E-state index contributed by atoms with van der Waals surface area (Å²) < 4.78 is 6.26. The number of nitrogens with two attached hydrogens (primary N) is 1. The van der Waals surface area contributed by atoms with Gasteiger partial charge in [-0.3, -0.25) is 0 Å². The second-order valence-electron chi connectivity index (χ2n) is 7.28. The summed E-state index contributed by atoms with van der Waals surface area (Å²) in [6.45, 7) is 2.58. The van der Waals surface area contributed by atoms with Crippen molar-refractivity contribution in [1.82, 2.24) is 9.97 Å². The normalized spacial score (nSPS) is 40.2. The molecule has 1 heterocycles. The molecule has 1 atom stereocenters. The molecule has 3 N–H and O–H groups in total. The highest BCUT2D eigenvalue weighted by atomic mass is 16.5. The molecular weight excluding hydrogens is 250 g/mol. The van der Waals surface area contributed by atoms with Gasteiger partial charge in [0, 0.05) is 12.2 Å². The SMILES string of the molecule is CC(N)c1cnc(COC2C3CC4CC(C3)CC2C4)[nH]1. The molecule has 20 heavy (non-hydrogen) atoms. The maximum Gasteiger partial charge on any atom is 0.132 e. The predicted octanol–water partition coefficient (Wildman–Crippen LogP) is 2.77. The summed E-state index contributed by atoms with van der Waals surface area (Å²) in [4.78, 5) is 7.65. The molecule has 4 aliphatic carbocycles. The Balaban J connectivity index is 1.39. The minimum absolute atomic E-state index is 0.0115. The molecule has 5 rings (SSSR count). The van der Waals surface area contributed by atoms with Crippen molar-refractivity contribution < 1.29 is 4.74 Å². The first-order valence-corrected chi connectivity index (χ1v) is 8.10. The first-order chi connectivity index (χ1) is 9.69. The molecule has 110 valence electrons. The third-order valence-electron chi connectivity index (χ3n) is 5.69. The first-order valence-electron chi connectivity index (χ1n) is 8.10. The zero-order chi connectivity index (χ0) is 13.7. The van der Waals surface area contributed by atoms with Crippen LogP contribution < -0.4 is 5.73 Å². The molecule has 1 aromatic rings. The van der Waals surface area contributed by atoms with Crippen molar-refractivity contribution in [3.05, 3.63) is 17.7 Å². The number of nitrogens with zero attached hydrogens (tertiary/aromatic N) is 1. The summed E-state index contributed by atoms with van der Waals surface area (Å²) in [5.74, 6) is 4.56. The van der Waals surface area contributed by atoms with Crippen LogP contribution in [0.1, 0.15) is 56.6 Å². The number of aromatic nitrogens is 2. The highest BCUT2D eigenvalue weighted by molar-refractivity contribution is 5.05. The maximum atomic E-state index is 6.26. The number of hydrogen-bond acceptors (Lipinski definition) is 3. The molecule has 0 spiro atoms. The van der Waals surface area contributed by atoms with Crippen molar-refractivity contribution >= 4 is 0 Å². The third kappa shape index (κ3) is 2.19. The fraction of sp³-hybridized carbons (Fsp3) is 0.812. The Bertz CT molecular complexity index is 454. The highest BCUT2D eigenvalue weighted by Crippen LogP contribution is 2.54. The lowest BCUT2D eigenvalue weighted by Crippen LogP contribution is -2.49. The molecule has 4 saturated carbocycles. The van der Waals surface area contributed by atoms with Crippen LogP contribution in [-0.2, 0) is 11.3 Å². The number of aromatic amines is 1. The Morgan fingerprint density at radius 2 is 1.90 bits per heavy atom. The van der Waals surface area contributed by atoms with Crippen molar-refractivity contribution in [2.75, 3.05) is 0 Å². The summed E-state index contributed by atoms with van der Waals surface area (Å²) >= 11 is 0. The summed E-state index contributed by atoms with van der Waals surface area (Å²) in [5, 5.41) is 0. The fourth-order valence-corrected chi connectivity index (χ4v) is 5.01. The minimum atomic E-state index is 0.0115. The molecule has 0 saturated heterocycles. The second-order valence-corrected chi connectivity index (χ2v) is 7.28. The average molecular weight is 275 g/mol. The molecule has 1 unspecified atom stereocenters. The third-order valence-corrected chi connectivity index (χ3v) is 5.69. The van der Waals surface area contributed by atoms with E-state index in [0.29, 0.717) is 12.7 Å². The van der Waals surface area contributed by atoms with Crippen molar-refractivity contribution in [2.45, 2.75) is 57.8 Å². The lowest BCUT2D eigenvalue weighted by molar-refractivity contribution is -0.133. The standard InChI is InChI=1S/C16H25N3O/c1-9(17)14-7-18-15(19-14)8-20-16-12-3-10-2-11(5-12)6-13(16)4-10/h7,9-13,16H,2-6,8,17H2,1H3,(H,18,19). The number of nitrogens with one attached hydrogen (secondary N) is 1. The highest BCUT2D eigenvalue weighted by Gasteiger charge is 2.48. The molecule has 4 aliphatic rings. The Hall–Kier alpha value is -0.870. The van der Waals surface area contributed by atoms with E-state index < -0.39 is 0 Å². The van der Waals surface area contributed by atoms with Gasteiger partial charge in [-0.15, -0.1) is 0 Å². The van der Waals surface area contributed by atoms with Crippen molar-refractivity contribution in [1.29, 1.82) is 0 Å². The molecule has 0 aromatic carbocycles. The van der Waals surface area contributed by atoms with Crippen LogP contribution in [-0.4, -0.2) is 16.1 Å². The molecule has 4 nitrogen and oxygen atoms in total. The quantitative estimate of drug-likeness (QED) is 0.888. The van der Waals surface area contributed by atoms with Gasteiger partial charge in [-0.1, -0.05) is 0 Å². The number of H-pyrrole nitrogens is 1. The van der Waals surface area contributed by atoms with E-state index >= 15 is 0 Å². The maximum absolute atomic E-state index is 6.26. The van der Waals surface area contributed by atoms with Crippen LogP contribution in [0, 0.1) is 23.7 Å². The van der Waals surface area contributed by atoms with Gasteiger partial charge in [-0.2, -0.15) is 0 Å². The van der Waals surface area contributed by atoms with Crippen LogP contribution in [0.5, 0.6) is 0 Å². The molecule has 0 aliphatic heterocycles. The molecule has 0 amide bonds. The van der Waals surface area contributed by atoms with Crippen molar-refractivity contribution in [3.8, 4) is 0 Å². The Kier molecular flexibility index (Phi) is 3.11. The van der Waals surface area contributed by atoms with Gasteiger partial charge in [-0.05, 0) is 62.7 Å². The van der Waals surface area contributed by atoms with Gasteiger partial charge in [0.1, 0.15) is 12.4 Å². The largest absolute Gasteiger partial charge is 0.370 e. The van der Waals surface area contributed by atoms with Crippen LogP contribution in [0.2, 0.25) is 0 Å². The van der Waals surface area contributed by atoms with Crippen LogP contribution >= 0.6 is 0 Å². The first kappa shape index (κ1) is 12.8. The van der Waals surface area contributed by atoms with E-state index in [1.165, 1.54) is 32.1 Å². The average Bonchev–Trinajstić information content (AvgIpc) is 2.86. The number of hydrogen-bond donors (Lipinski definition) is 2. The number of imidazole rings is 1. The monoisotopic (exact) mass is 275 g/mol. The van der Waals surface area contributed by atoms with E-state index in [2.05, 4.69) is 9.97 Å². The Morgan fingerprint density at radius 1 is 1.25 bits per heavy atom. The Morgan fingerprint density at radius 3 is 2.45 bits per heavy atom. The van der Waals surface area contributed by atoms with Gasteiger partial charge in [-0.25, -0.2) is 4.98 Å². The van der Waals surface area contributed by atoms with Crippen LogP contribution in [0.3, 0.4) is 0 Å². The molecular formula is C16H25N3O. The lowest BCUT2D eigenvalue weighted by Gasteiger charge is -2.53. The summed E-state index contributed by atoms with van der Waals surface area (Å²) in [6, 6.07) is 0.0115. The van der Waals surface area contributed by atoms with Crippen molar-refractivity contribution in [2.24, 2.45) is 29.4 Å². The molecule has 4 heteroatoms. The molecule has 1 aromatic heterocycles. The van der Waals surface area contributed by atoms with Gasteiger partial charge < -0.3 is 15.5 Å². The van der Waals surface area contributed by atoms with Crippen LogP contribution in [0.25, 0.3) is 0 Å². The van der Waals surface area contributed by atoms with E-state index in [4.69, 9.17) is 10.5 Å². The van der Waals surface area contributed by atoms with Gasteiger partial charge in [0.05, 0.1) is 11.8 Å². The zero-order valence-electron chi connectivity index (χ0n) is 12.2. The van der Waals surface area contributed by atoms with E-state index in [-0.39, 0.29) is 6.04 Å².